The van der Waals surface area contributed by atoms with Crippen LogP contribution in [0.2, 0.25) is 0 Å². The van der Waals surface area contributed by atoms with Gasteiger partial charge in [-0.1, -0.05) is 38.1 Å². The van der Waals surface area contributed by atoms with E-state index in [-0.39, 0.29) is 23.8 Å². The minimum atomic E-state index is -0.198. The number of hydrogen-bond donors (Lipinski definition) is 2. The van der Waals surface area contributed by atoms with Gasteiger partial charge in [0.05, 0.1) is 23.8 Å². The largest absolute Gasteiger partial charge is 0.327 e. The smallest absolute Gasteiger partial charge is 0.226 e. The summed E-state index contributed by atoms with van der Waals surface area (Å²) in [6, 6.07) is 7.25. The second-order valence-corrected chi connectivity index (χ2v) is 6.09. The summed E-state index contributed by atoms with van der Waals surface area (Å²) in [6.45, 7) is 6.07. The van der Waals surface area contributed by atoms with Gasteiger partial charge in [0, 0.05) is 12.5 Å². The van der Waals surface area contributed by atoms with Crippen LogP contribution < -0.4 is 11.1 Å². The Morgan fingerprint density at radius 3 is 2.71 bits per heavy atom. The quantitative estimate of drug-likeness (QED) is 0.900. The number of rotatable bonds is 4. The fourth-order valence-electron chi connectivity index (χ4n) is 1.82. The predicted molar refractivity (Wildman–Crippen MR) is 82.0 cm³/mol. The number of aromatic nitrogens is 3. The highest BCUT2D eigenvalue weighted by Gasteiger charge is 2.23. The van der Waals surface area contributed by atoms with E-state index in [4.69, 9.17) is 5.73 Å². The molecule has 0 bridgehead atoms. The number of benzene rings is 1. The third-order valence-electron chi connectivity index (χ3n) is 3.37. The Morgan fingerprint density at radius 2 is 2.10 bits per heavy atom. The first kappa shape index (κ1) is 15.2. The molecule has 0 radical (unpaired) electrons. The zero-order valence-corrected chi connectivity index (χ0v) is 12.6. The van der Waals surface area contributed by atoms with E-state index in [0.29, 0.717) is 5.69 Å². The van der Waals surface area contributed by atoms with Gasteiger partial charge in [-0.25, -0.2) is 4.68 Å². The Kier molecular flexibility index (Phi) is 4.37. The Hall–Kier alpha value is -2.21. The second kappa shape index (κ2) is 6.05. The Bertz CT molecular complexity index is 601. The van der Waals surface area contributed by atoms with E-state index in [1.807, 2.05) is 45.0 Å². The first-order chi connectivity index (χ1) is 9.88. The van der Waals surface area contributed by atoms with Crippen molar-refractivity contribution >= 4 is 11.6 Å². The number of carbonyl (C=O) groups is 1. The summed E-state index contributed by atoms with van der Waals surface area (Å²) in [7, 11) is 0. The molecule has 2 aromatic rings. The third kappa shape index (κ3) is 3.88. The van der Waals surface area contributed by atoms with E-state index in [0.717, 1.165) is 5.69 Å². The molecule has 0 spiro atoms. The molecule has 0 fully saturated rings. The van der Waals surface area contributed by atoms with Gasteiger partial charge < -0.3 is 11.1 Å². The van der Waals surface area contributed by atoms with Crippen LogP contribution >= 0.6 is 0 Å². The highest BCUT2D eigenvalue weighted by Crippen LogP contribution is 2.22. The molecular weight excluding hydrogens is 266 g/mol. The van der Waals surface area contributed by atoms with Crippen molar-refractivity contribution in [1.29, 1.82) is 0 Å². The molecule has 1 atom stereocenters. The van der Waals surface area contributed by atoms with Gasteiger partial charge in [0.25, 0.3) is 0 Å². The molecule has 1 amide bonds. The standard InChI is InChI=1S/C15H21N5O/c1-15(2,3)13(16)10-14(21)18-11-6-4-5-7-12(11)20-9-8-17-19-20/h4-9,13H,10,16H2,1-3H3,(H,18,21). The van der Waals surface area contributed by atoms with Crippen LogP contribution in [0.3, 0.4) is 0 Å². The van der Waals surface area contributed by atoms with Gasteiger partial charge in [-0.15, -0.1) is 5.10 Å². The number of para-hydroxylation sites is 2. The molecule has 3 N–H and O–H groups in total. The van der Waals surface area contributed by atoms with Gasteiger partial charge in [-0.05, 0) is 17.5 Å². The molecule has 0 saturated carbocycles. The third-order valence-corrected chi connectivity index (χ3v) is 3.37. The molecule has 112 valence electrons. The van der Waals surface area contributed by atoms with Crippen LogP contribution in [0.5, 0.6) is 0 Å². The lowest BCUT2D eigenvalue weighted by Crippen LogP contribution is -2.38. The average Bonchev–Trinajstić information content (AvgIpc) is 2.91. The van der Waals surface area contributed by atoms with E-state index < -0.39 is 0 Å². The lowest BCUT2D eigenvalue weighted by atomic mass is 9.85. The SMILES string of the molecule is CC(C)(C)C(N)CC(=O)Nc1ccccc1-n1ccnn1. The lowest BCUT2D eigenvalue weighted by molar-refractivity contribution is -0.117. The van der Waals surface area contributed by atoms with Crippen molar-refractivity contribution in [3.63, 3.8) is 0 Å². The molecule has 1 aromatic carbocycles. The molecule has 21 heavy (non-hydrogen) atoms. The molecule has 2 rings (SSSR count). The summed E-state index contributed by atoms with van der Waals surface area (Å²) >= 11 is 0. The fourth-order valence-corrected chi connectivity index (χ4v) is 1.82. The van der Waals surface area contributed by atoms with Gasteiger partial charge in [0.15, 0.2) is 0 Å². The molecule has 6 nitrogen and oxygen atoms in total. The number of nitrogens with two attached hydrogens (primary N) is 1. The summed E-state index contributed by atoms with van der Waals surface area (Å²) < 4.78 is 1.61. The Balaban J connectivity index is 2.12. The molecule has 1 heterocycles. The zero-order valence-electron chi connectivity index (χ0n) is 12.6. The summed E-state index contributed by atoms with van der Waals surface area (Å²) in [6.07, 6.45) is 3.59. The molecular formula is C15H21N5O. The molecule has 0 aliphatic carbocycles. The molecule has 0 aliphatic heterocycles. The van der Waals surface area contributed by atoms with Gasteiger partial charge in [-0.2, -0.15) is 0 Å². The first-order valence-electron chi connectivity index (χ1n) is 6.89. The van der Waals surface area contributed by atoms with Crippen LogP contribution in [0, 0.1) is 5.41 Å². The number of hydrogen-bond acceptors (Lipinski definition) is 4. The monoisotopic (exact) mass is 287 g/mol. The summed E-state index contributed by atoms with van der Waals surface area (Å²) in [5.41, 5.74) is 7.40. The minimum absolute atomic E-state index is 0.106. The summed E-state index contributed by atoms with van der Waals surface area (Å²) in [5.74, 6) is -0.106. The summed E-state index contributed by atoms with van der Waals surface area (Å²) in [5, 5.41) is 10.6. The van der Waals surface area contributed by atoms with Crippen LogP contribution in [0.1, 0.15) is 27.2 Å². The van der Waals surface area contributed by atoms with E-state index >= 15 is 0 Å². The van der Waals surface area contributed by atoms with Crippen molar-refractivity contribution in [2.45, 2.75) is 33.2 Å². The molecule has 0 saturated heterocycles. The number of nitrogens with one attached hydrogen (secondary N) is 1. The number of anilines is 1. The van der Waals surface area contributed by atoms with Crippen molar-refractivity contribution in [3.05, 3.63) is 36.7 Å². The Morgan fingerprint density at radius 1 is 1.38 bits per heavy atom. The van der Waals surface area contributed by atoms with Crippen LogP contribution in [-0.2, 0) is 4.79 Å². The predicted octanol–water partition coefficient (Wildman–Crippen LogP) is 1.97. The molecule has 6 heteroatoms. The molecule has 0 aliphatic rings. The number of nitrogens with zero attached hydrogens (tertiary/aromatic N) is 3. The van der Waals surface area contributed by atoms with Crippen LogP contribution in [0.15, 0.2) is 36.7 Å². The maximum Gasteiger partial charge on any atom is 0.226 e. The van der Waals surface area contributed by atoms with Crippen molar-refractivity contribution < 1.29 is 4.79 Å². The summed E-state index contributed by atoms with van der Waals surface area (Å²) in [4.78, 5) is 12.2. The van der Waals surface area contributed by atoms with Crippen LogP contribution in [0.25, 0.3) is 5.69 Å². The van der Waals surface area contributed by atoms with Crippen molar-refractivity contribution in [3.8, 4) is 5.69 Å². The van der Waals surface area contributed by atoms with Gasteiger partial charge in [-0.3, -0.25) is 4.79 Å². The lowest BCUT2D eigenvalue weighted by Gasteiger charge is -2.26. The first-order valence-corrected chi connectivity index (χ1v) is 6.89. The van der Waals surface area contributed by atoms with Gasteiger partial charge in [0.2, 0.25) is 5.91 Å². The maximum atomic E-state index is 12.2. The van der Waals surface area contributed by atoms with E-state index in [1.165, 1.54) is 0 Å². The van der Waals surface area contributed by atoms with Crippen molar-refractivity contribution in [1.82, 2.24) is 15.0 Å². The van der Waals surface area contributed by atoms with Crippen LogP contribution in [-0.4, -0.2) is 26.9 Å². The van der Waals surface area contributed by atoms with Crippen molar-refractivity contribution in [2.24, 2.45) is 11.1 Å². The van der Waals surface area contributed by atoms with Crippen molar-refractivity contribution in [2.75, 3.05) is 5.32 Å². The normalized spacial score (nSPS) is 13.0. The second-order valence-electron chi connectivity index (χ2n) is 6.09. The number of carbonyl (C=O) groups excluding carboxylic acids is 1. The molecule has 1 aromatic heterocycles. The number of amides is 1. The average molecular weight is 287 g/mol. The highest BCUT2D eigenvalue weighted by atomic mass is 16.1. The van der Waals surface area contributed by atoms with E-state index in [9.17, 15) is 4.79 Å². The van der Waals surface area contributed by atoms with Crippen LogP contribution in [0.4, 0.5) is 5.69 Å². The van der Waals surface area contributed by atoms with Gasteiger partial charge >= 0.3 is 0 Å². The highest BCUT2D eigenvalue weighted by molar-refractivity contribution is 5.93. The Labute approximate surface area is 124 Å². The minimum Gasteiger partial charge on any atom is -0.327 e. The molecule has 1 unspecified atom stereocenters. The fraction of sp³-hybridized carbons (Fsp3) is 0.400. The zero-order chi connectivity index (χ0) is 15.5. The van der Waals surface area contributed by atoms with E-state index in [2.05, 4.69) is 15.6 Å². The van der Waals surface area contributed by atoms with E-state index in [1.54, 1.807) is 17.1 Å². The van der Waals surface area contributed by atoms with Gasteiger partial charge in [0.1, 0.15) is 0 Å². The maximum absolute atomic E-state index is 12.2. The topological polar surface area (TPSA) is 85.8 Å².